The minimum absolute atomic E-state index is 0.122. The fourth-order valence-corrected chi connectivity index (χ4v) is 2.66. The molecule has 3 heterocycles. The summed E-state index contributed by atoms with van der Waals surface area (Å²) >= 11 is 5.86. The number of nitrogens with zero attached hydrogens (tertiary/aromatic N) is 3. The third-order valence-corrected chi connectivity index (χ3v) is 3.87. The highest BCUT2D eigenvalue weighted by Crippen LogP contribution is 2.18. The maximum absolute atomic E-state index is 12.2. The quantitative estimate of drug-likeness (QED) is 0.420. The molecular formula is C18H12ClN3O2. The standard InChI is InChI=1S/C18H12ClN3O2/c19-16-7-5-12-9-13(4-6-15(12)21-16)18(23)24-11-14-10-22-8-2-1-3-17(22)20-14/h1-10H,11H2. The molecule has 0 radical (unpaired) electrons. The van der Waals surface area contributed by atoms with Gasteiger partial charge >= 0.3 is 5.97 Å². The number of halogens is 1. The van der Waals surface area contributed by atoms with Crippen LogP contribution >= 0.6 is 11.6 Å². The van der Waals surface area contributed by atoms with Crippen LogP contribution in [-0.4, -0.2) is 20.3 Å². The van der Waals surface area contributed by atoms with Crippen LogP contribution in [0.5, 0.6) is 0 Å². The molecule has 0 atom stereocenters. The van der Waals surface area contributed by atoms with E-state index >= 15 is 0 Å². The summed E-state index contributed by atoms with van der Waals surface area (Å²) in [5.74, 6) is -0.399. The minimum atomic E-state index is -0.399. The lowest BCUT2D eigenvalue weighted by molar-refractivity contribution is 0.0468. The number of benzene rings is 1. The van der Waals surface area contributed by atoms with Crippen LogP contribution in [-0.2, 0) is 11.3 Å². The molecule has 118 valence electrons. The van der Waals surface area contributed by atoms with Crippen molar-refractivity contribution in [1.82, 2.24) is 14.4 Å². The Morgan fingerprint density at radius 1 is 1.12 bits per heavy atom. The average Bonchev–Trinajstić information content (AvgIpc) is 3.02. The first-order valence-electron chi connectivity index (χ1n) is 7.35. The third kappa shape index (κ3) is 2.81. The molecule has 0 unspecified atom stereocenters. The molecule has 24 heavy (non-hydrogen) atoms. The molecule has 0 saturated heterocycles. The van der Waals surface area contributed by atoms with Gasteiger partial charge in [0.1, 0.15) is 17.4 Å². The smallest absolute Gasteiger partial charge is 0.338 e. The topological polar surface area (TPSA) is 56.5 Å². The minimum Gasteiger partial charge on any atom is -0.456 e. The molecule has 4 rings (SSSR count). The predicted molar refractivity (Wildman–Crippen MR) is 91.1 cm³/mol. The molecular weight excluding hydrogens is 326 g/mol. The van der Waals surface area contributed by atoms with Crippen molar-refractivity contribution >= 4 is 34.1 Å². The van der Waals surface area contributed by atoms with Crippen molar-refractivity contribution in [1.29, 1.82) is 0 Å². The Balaban J connectivity index is 1.52. The zero-order chi connectivity index (χ0) is 16.5. The number of carbonyl (C=O) groups is 1. The second-order valence-electron chi connectivity index (χ2n) is 5.32. The number of ether oxygens (including phenoxy) is 1. The number of carbonyl (C=O) groups excluding carboxylic acids is 1. The Kier molecular flexibility index (Phi) is 3.63. The van der Waals surface area contributed by atoms with Gasteiger partial charge in [0.15, 0.2) is 0 Å². The number of rotatable bonds is 3. The number of pyridine rings is 2. The van der Waals surface area contributed by atoms with Gasteiger partial charge in [-0.25, -0.2) is 14.8 Å². The van der Waals surface area contributed by atoms with Gasteiger partial charge in [0.05, 0.1) is 16.8 Å². The van der Waals surface area contributed by atoms with Crippen molar-refractivity contribution in [2.24, 2.45) is 0 Å². The van der Waals surface area contributed by atoms with Gasteiger partial charge in [-0.2, -0.15) is 0 Å². The number of aromatic nitrogens is 3. The van der Waals surface area contributed by atoms with Crippen LogP contribution in [0.2, 0.25) is 5.15 Å². The Morgan fingerprint density at radius 2 is 2.04 bits per heavy atom. The Labute approximate surface area is 142 Å². The summed E-state index contributed by atoms with van der Waals surface area (Å²) in [5, 5.41) is 1.26. The van der Waals surface area contributed by atoms with Crippen LogP contribution in [0, 0.1) is 0 Å². The van der Waals surface area contributed by atoms with Gasteiger partial charge in [-0.15, -0.1) is 0 Å². The van der Waals surface area contributed by atoms with Crippen LogP contribution in [0.4, 0.5) is 0 Å². The molecule has 0 spiro atoms. The number of hydrogen-bond donors (Lipinski definition) is 0. The van der Waals surface area contributed by atoms with Crippen molar-refractivity contribution in [2.45, 2.75) is 6.61 Å². The first kappa shape index (κ1) is 14.7. The zero-order valence-corrected chi connectivity index (χ0v) is 13.3. The molecule has 6 heteroatoms. The van der Waals surface area contributed by atoms with E-state index in [2.05, 4.69) is 9.97 Å². The third-order valence-electron chi connectivity index (χ3n) is 3.66. The van der Waals surface area contributed by atoms with Crippen LogP contribution in [0.25, 0.3) is 16.6 Å². The molecule has 0 aliphatic rings. The number of fused-ring (bicyclic) bond motifs is 2. The van der Waals surface area contributed by atoms with Gasteiger partial charge in [-0.05, 0) is 42.5 Å². The first-order valence-corrected chi connectivity index (χ1v) is 7.73. The van der Waals surface area contributed by atoms with Gasteiger partial charge in [0.25, 0.3) is 0 Å². The summed E-state index contributed by atoms with van der Waals surface area (Å²) in [4.78, 5) is 20.8. The number of hydrogen-bond acceptors (Lipinski definition) is 4. The predicted octanol–water partition coefficient (Wildman–Crippen LogP) is 3.89. The Hall–Kier alpha value is -2.92. The molecule has 0 amide bonds. The van der Waals surface area contributed by atoms with Crippen LogP contribution in [0.3, 0.4) is 0 Å². The average molecular weight is 338 g/mol. The monoisotopic (exact) mass is 337 g/mol. The normalized spacial score (nSPS) is 11.0. The summed E-state index contributed by atoms with van der Waals surface area (Å²) in [6, 6.07) is 14.4. The van der Waals surface area contributed by atoms with E-state index in [0.29, 0.717) is 16.4 Å². The summed E-state index contributed by atoms with van der Waals surface area (Å²) < 4.78 is 7.24. The zero-order valence-electron chi connectivity index (χ0n) is 12.5. The highest BCUT2D eigenvalue weighted by Gasteiger charge is 2.10. The van der Waals surface area contributed by atoms with Crippen molar-refractivity contribution in [3.8, 4) is 0 Å². The lowest BCUT2D eigenvalue weighted by atomic mass is 10.1. The lowest BCUT2D eigenvalue weighted by Crippen LogP contribution is -2.05. The van der Waals surface area contributed by atoms with Gasteiger partial charge in [-0.1, -0.05) is 17.7 Å². The Bertz CT molecular complexity index is 1030. The molecule has 0 aliphatic heterocycles. The van der Waals surface area contributed by atoms with E-state index in [0.717, 1.165) is 16.6 Å². The summed E-state index contributed by atoms with van der Waals surface area (Å²) in [6.07, 6.45) is 3.74. The van der Waals surface area contributed by atoms with E-state index in [9.17, 15) is 4.79 Å². The SMILES string of the molecule is O=C(OCc1cn2ccccc2n1)c1ccc2nc(Cl)ccc2c1. The van der Waals surface area contributed by atoms with Crippen molar-refractivity contribution in [3.05, 3.63) is 77.3 Å². The Morgan fingerprint density at radius 3 is 2.92 bits per heavy atom. The first-order chi connectivity index (χ1) is 11.7. The van der Waals surface area contributed by atoms with E-state index in [1.807, 2.05) is 41.1 Å². The molecule has 4 aromatic rings. The van der Waals surface area contributed by atoms with Crippen molar-refractivity contribution in [2.75, 3.05) is 0 Å². The highest BCUT2D eigenvalue weighted by atomic mass is 35.5. The largest absolute Gasteiger partial charge is 0.456 e. The van der Waals surface area contributed by atoms with Gasteiger partial charge in [0.2, 0.25) is 0 Å². The maximum atomic E-state index is 12.2. The second-order valence-corrected chi connectivity index (χ2v) is 5.70. The van der Waals surface area contributed by atoms with E-state index in [1.54, 1.807) is 24.3 Å². The molecule has 0 saturated carbocycles. The lowest BCUT2D eigenvalue weighted by Gasteiger charge is -2.04. The molecule has 0 N–H and O–H groups in total. The molecule has 5 nitrogen and oxygen atoms in total. The van der Waals surface area contributed by atoms with Gasteiger partial charge in [0, 0.05) is 17.8 Å². The molecule has 0 bridgehead atoms. The van der Waals surface area contributed by atoms with Gasteiger partial charge < -0.3 is 9.14 Å². The molecule has 0 fully saturated rings. The number of esters is 1. The second kappa shape index (κ2) is 5.94. The van der Waals surface area contributed by atoms with Crippen molar-refractivity contribution < 1.29 is 9.53 Å². The van der Waals surface area contributed by atoms with E-state index < -0.39 is 5.97 Å². The van der Waals surface area contributed by atoms with E-state index in [4.69, 9.17) is 16.3 Å². The summed E-state index contributed by atoms with van der Waals surface area (Å²) in [5.41, 5.74) is 2.72. The molecule has 1 aromatic carbocycles. The molecule has 0 aliphatic carbocycles. The van der Waals surface area contributed by atoms with Gasteiger partial charge in [-0.3, -0.25) is 0 Å². The van der Waals surface area contributed by atoms with E-state index in [-0.39, 0.29) is 6.61 Å². The van der Waals surface area contributed by atoms with Crippen molar-refractivity contribution in [3.63, 3.8) is 0 Å². The highest BCUT2D eigenvalue weighted by molar-refractivity contribution is 6.29. The van der Waals surface area contributed by atoms with Crippen LogP contribution in [0.1, 0.15) is 16.1 Å². The summed E-state index contributed by atoms with van der Waals surface area (Å²) in [7, 11) is 0. The van der Waals surface area contributed by atoms with Crippen LogP contribution < -0.4 is 0 Å². The maximum Gasteiger partial charge on any atom is 0.338 e. The number of imidazole rings is 1. The van der Waals surface area contributed by atoms with E-state index in [1.165, 1.54) is 0 Å². The molecule has 3 aromatic heterocycles. The van der Waals surface area contributed by atoms with Crippen LogP contribution in [0.15, 0.2) is 60.9 Å². The summed E-state index contributed by atoms with van der Waals surface area (Å²) in [6.45, 7) is 0.122. The fourth-order valence-electron chi connectivity index (χ4n) is 2.51. The fraction of sp³-hybridized carbons (Fsp3) is 0.0556.